The lowest BCUT2D eigenvalue weighted by atomic mass is 9.84. The van der Waals surface area contributed by atoms with E-state index in [1.54, 1.807) is 12.2 Å². The van der Waals surface area contributed by atoms with Gasteiger partial charge in [0, 0.05) is 18.7 Å². The quantitative estimate of drug-likeness (QED) is 0.709. The van der Waals surface area contributed by atoms with Crippen LogP contribution in [0.5, 0.6) is 0 Å². The summed E-state index contributed by atoms with van der Waals surface area (Å²) in [7, 11) is 0. The molecule has 1 saturated heterocycles. The zero-order valence-corrected chi connectivity index (χ0v) is 9.11. The maximum Gasteiger partial charge on any atom is 0.171 e. The van der Waals surface area contributed by atoms with Crippen LogP contribution in [0.2, 0.25) is 0 Å². The van der Waals surface area contributed by atoms with E-state index in [2.05, 4.69) is 11.9 Å². The molecule has 86 valence electrons. The molecule has 0 aromatic rings. The van der Waals surface area contributed by atoms with Crippen molar-refractivity contribution in [2.45, 2.75) is 6.23 Å². The molecule has 0 amide bonds. The van der Waals surface area contributed by atoms with Gasteiger partial charge in [0.15, 0.2) is 5.78 Å². The van der Waals surface area contributed by atoms with Crippen LogP contribution < -0.4 is 11.1 Å². The van der Waals surface area contributed by atoms with Gasteiger partial charge in [0.1, 0.15) is 6.23 Å². The van der Waals surface area contributed by atoms with E-state index in [9.17, 15) is 4.79 Å². The first-order valence-electron chi connectivity index (χ1n) is 5.40. The Morgan fingerprint density at radius 1 is 1.62 bits per heavy atom. The lowest BCUT2D eigenvalue weighted by Gasteiger charge is -2.26. The van der Waals surface area contributed by atoms with Crippen molar-refractivity contribution in [3.8, 4) is 0 Å². The molecule has 4 nitrogen and oxygen atoms in total. The van der Waals surface area contributed by atoms with Crippen LogP contribution in [0.25, 0.3) is 0 Å². The van der Waals surface area contributed by atoms with Crippen molar-refractivity contribution in [3.05, 3.63) is 36.0 Å². The number of carbonyl (C=O) groups is 1. The first-order valence-corrected chi connectivity index (χ1v) is 5.40. The molecule has 1 fully saturated rings. The Morgan fingerprint density at radius 3 is 3.00 bits per heavy atom. The van der Waals surface area contributed by atoms with Crippen LogP contribution >= 0.6 is 0 Å². The second kappa shape index (κ2) is 4.74. The minimum Gasteiger partial charge on any atom is -0.361 e. The second-order valence-electron chi connectivity index (χ2n) is 3.85. The average molecular weight is 220 g/mol. The lowest BCUT2D eigenvalue weighted by Crippen LogP contribution is -2.40. The summed E-state index contributed by atoms with van der Waals surface area (Å²) in [6.07, 6.45) is 5.12. The number of rotatable bonds is 3. The largest absolute Gasteiger partial charge is 0.361 e. The van der Waals surface area contributed by atoms with Gasteiger partial charge in [-0.2, -0.15) is 0 Å². The van der Waals surface area contributed by atoms with E-state index >= 15 is 0 Å². The monoisotopic (exact) mass is 220 g/mol. The fourth-order valence-electron chi connectivity index (χ4n) is 2.07. The number of allylic oxidation sites excluding steroid dienone is 3. The lowest BCUT2D eigenvalue weighted by molar-refractivity contribution is -0.121. The van der Waals surface area contributed by atoms with E-state index in [0.29, 0.717) is 12.2 Å². The zero-order valence-electron chi connectivity index (χ0n) is 9.11. The summed E-state index contributed by atoms with van der Waals surface area (Å²) >= 11 is 0. The van der Waals surface area contributed by atoms with E-state index in [1.807, 2.05) is 6.08 Å². The highest BCUT2D eigenvalue weighted by molar-refractivity contribution is 6.01. The topological polar surface area (TPSA) is 64.4 Å². The molecule has 0 aromatic carbocycles. The predicted molar refractivity (Wildman–Crippen MR) is 61.7 cm³/mol. The molecular weight excluding hydrogens is 204 g/mol. The number of Topliss-reactive ketones (excluding diaryl/α,β-unsaturated/α-hetero) is 1. The van der Waals surface area contributed by atoms with Crippen LogP contribution in [0.1, 0.15) is 0 Å². The number of hydrogen-bond acceptors (Lipinski definition) is 4. The number of hydrogen-bond donors (Lipinski definition) is 2. The highest BCUT2D eigenvalue weighted by Gasteiger charge is 2.35. The molecule has 16 heavy (non-hydrogen) atoms. The number of ketones is 1. The summed E-state index contributed by atoms with van der Waals surface area (Å²) in [6, 6.07) is 0. The van der Waals surface area contributed by atoms with Gasteiger partial charge >= 0.3 is 0 Å². The third-order valence-corrected chi connectivity index (χ3v) is 2.94. The Labute approximate surface area is 94.8 Å². The molecule has 1 heterocycles. The second-order valence-corrected chi connectivity index (χ2v) is 3.85. The highest BCUT2D eigenvalue weighted by Crippen LogP contribution is 2.27. The fourth-order valence-corrected chi connectivity index (χ4v) is 2.07. The zero-order chi connectivity index (χ0) is 11.5. The van der Waals surface area contributed by atoms with E-state index in [-0.39, 0.29) is 24.5 Å². The average Bonchev–Trinajstić information content (AvgIpc) is 2.81. The highest BCUT2D eigenvalue weighted by atomic mass is 16.5. The summed E-state index contributed by atoms with van der Waals surface area (Å²) in [5, 5.41) is 3.17. The van der Waals surface area contributed by atoms with Crippen LogP contribution in [-0.4, -0.2) is 31.7 Å². The molecule has 2 rings (SSSR count). The Balaban J connectivity index is 2.28. The van der Waals surface area contributed by atoms with Crippen LogP contribution in [0.3, 0.4) is 0 Å². The van der Waals surface area contributed by atoms with Crippen molar-refractivity contribution in [2.24, 2.45) is 11.7 Å². The maximum atomic E-state index is 12.2. The number of ether oxygens (including phenoxy) is 1. The van der Waals surface area contributed by atoms with Gasteiger partial charge in [-0.1, -0.05) is 24.8 Å². The SMILES string of the molecule is C=CC1=CC=C(CN)C(=O)C1C1NCCO1. The molecule has 2 aliphatic rings. The minimum atomic E-state index is -0.302. The van der Waals surface area contributed by atoms with Gasteiger partial charge in [0.25, 0.3) is 0 Å². The molecule has 2 atom stereocenters. The summed E-state index contributed by atoms with van der Waals surface area (Å²) in [5.41, 5.74) is 7.07. The Kier molecular flexibility index (Phi) is 3.33. The first-order chi connectivity index (χ1) is 7.77. The molecule has 3 N–H and O–H groups in total. The van der Waals surface area contributed by atoms with Gasteiger partial charge in [-0.05, 0) is 5.57 Å². The summed E-state index contributed by atoms with van der Waals surface area (Å²) in [5.74, 6) is -0.261. The Morgan fingerprint density at radius 2 is 2.44 bits per heavy atom. The van der Waals surface area contributed by atoms with Crippen molar-refractivity contribution in [2.75, 3.05) is 19.7 Å². The molecular formula is C12H16N2O2. The summed E-state index contributed by atoms with van der Waals surface area (Å²) in [4.78, 5) is 12.2. The molecule has 0 spiro atoms. The normalized spacial score (nSPS) is 29.9. The molecule has 1 aliphatic carbocycles. The van der Waals surface area contributed by atoms with Gasteiger partial charge in [0.05, 0.1) is 12.5 Å². The van der Waals surface area contributed by atoms with Crippen molar-refractivity contribution in [3.63, 3.8) is 0 Å². The van der Waals surface area contributed by atoms with Crippen LogP contribution in [0, 0.1) is 5.92 Å². The van der Waals surface area contributed by atoms with E-state index in [1.165, 1.54) is 0 Å². The number of nitrogens with two attached hydrogens (primary N) is 1. The number of carbonyl (C=O) groups excluding carboxylic acids is 1. The van der Waals surface area contributed by atoms with Crippen LogP contribution in [-0.2, 0) is 9.53 Å². The predicted octanol–water partition coefficient (Wildman–Crippen LogP) is 0.129. The van der Waals surface area contributed by atoms with Gasteiger partial charge in [-0.15, -0.1) is 0 Å². The number of nitrogens with one attached hydrogen (secondary N) is 1. The van der Waals surface area contributed by atoms with E-state index in [4.69, 9.17) is 10.5 Å². The minimum absolute atomic E-state index is 0.0410. The molecule has 4 heteroatoms. The van der Waals surface area contributed by atoms with Crippen molar-refractivity contribution in [1.82, 2.24) is 5.32 Å². The van der Waals surface area contributed by atoms with Crippen molar-refractivity contribution >= 4 is 5.78 Å². The molecule has 0 bridgehead atoms. The standard InChI is InChI=1S/C12H16N2O2/c1-2-8-3-4-9(7-13)11(15)10(8)12-14-5-6-16-12/h2-4,10,12,14H,1,5-7,13H2. The van der Waals surface area contributed by atoms with E-state index in [0.717, 1.165) is 12.1 Å². The van der Waals surface area contributed by atoms with Crippen LogP contribution in [0.4, 0.5) is 0 Å². The van der Waals surface area contributed by atoms with Gasteiger partial charge in [0.2, 0.25) is 0 Å². The van der Waals surface area contributed by atoms with Gasteiger partial charge in [-0.3, -0.25) is 10.1 Å². The van der Waals surface area contributed by atoms with E-state index < -0.39 is 0 Å². The molecule has 0 radical (unpaired) electrons. The molecule has 0 aromatic heterocycles. The van der Waals surface area contributed by atoms with Crippen molar-refractivity contribution < 1.29 is 9.53 Å². The summed E-state index contributed by atoms with van der Waals surface area (Å²) in [6.45, 7) is 5.41. The fraction of sp³-hybridized carbons (Fsp3) is 0.417. The molecule has 1 aliphatic heterocycles. The van der Waals surface area contributed by atoms with Crippen molar-refractivity contribution in [1.29, 1.82) is 0 Å². The van der Waals surface area contributed by atoms with Crippen LogP contribution in [0.15, 0.2) is 36.0 Å². The maximum absolute atomic E-state index is 12.2. The molecule has 2 unspecified atom stereocenters. The summed E-state index contributed by atoms with van der Waals surface area (Å²) < 4.78 is 5.50. The smallest absolute Gasteiger partial charge is 0.171 e. The first kappa shape index (κ1) is 11.3. The Bertz CT molecular complexity index is 365. The van der Waals surface area contributed by atoms with Gasteiger partial charge in [-0.25, -0.2) is 0 Å². The third-order valence-electron chi connectivity index (χ3n) is 2.94. The van der Waals surface area contributed by atoms with Gasteiger partial charge < -0.3 is 10.5 Å². The third kappa shape index (κ3) is 1.87. The Hall–Kier alpha value is -1.23. The molecule has 0 saturated carbocycles.